The van der Waals surface area contributed by atoms with E-state index in [1.807, 2.05) is 13.0 Å². The van der Waals surface area contributed by atoms with Gasteiger partial charge in [0.05, 0.1) is 22.2 Å². The SMILES string of the molecule is CC1CCCN(S(=O)(=O)c2cc(C(=O)OCc3cc(C#N)ccc3F)ccc2Cl)C1. The number of esters is 1. The number of hydrogen-bond acceptors (Lipinski definition) is 5. The third-order valence-corrected chi connectivity index (χ3v) is 7.28. The molecule has 1 fully saturated rings. The Kier molecular flexibility index (Phi) is 6.76. The van der Waals surface area contributed by atoms with Crippen LogP contribution in [0.3, 0.4) is 0 Å². The molecule has 0 radical (unpaired) electrons. The first kappa shape index (κ1) is 22.2. The Balaban J connectivity index is 1.81. The summed E-state index contributed by atoms with van der Waals surface area (Å²) in [7, 11) is -3.87. The fraction of sp³-hybridized carbons (Fsp3) is 0.333. The van der Waals surface area contributed by atoms with E-state index in [4.69, 9.17) is 21.6 Å². The van der Waals surface area contributed by atoms with E-state index in [1.165, 1.54) is 34.6 Å². The van der Waals surface area contributed by atoms with Crippen molar-refractivity contribution in [1.29, 1.82) is 5.26 Å². The second-order valence-corrected chi connectivity index (χ2v) is 9.56. The first-order valence-electron chi connectivity index (χ1n) is 9.37. The van der Waals surface area contributed by atoms with Crippen molar-refractivity contribution >= 4 is 27.6 Å². The molecule has 1 aliphatic rings. The molecule has 1 atom stereocenters. The van der Waals surface area contributed by atoms with Gasteiger partial charge in [0.25, 0.3) is 0 Å². The van der Waals surface area contributed by atoms with Crippen LogP contribution < -0.4 is 0 Å². The maximum absolute atomic E-state index is 13.9. The number of carbonyl (C=O) groups excluding carboxylic acids is 1. The molecule has 30 heavy (non-hydrogen) atoms. The number of piperidine rings is 1. The molecular formula is C21H20ClFN2O4S. The molecule has 2 aromatic carbocycles. The van der Waals surface area contributed by atoms with Crippen LogP contribution in [0.4, 0.5) is 4.39 Å². The minimum Gasteiger partial charge on any atom is -0.457 e. The van der Waals surface area contributed by atoms with Crippen LogP contribution in [0.15, 0.2) is 41.3 Å². The van der Waals surface area contributed by atoms with E-state index in [9.17, 15) is 17.6 Å². The highest BCUT2D eigenvalue weighted by molar-refractivity contribution is 7.89. The minimum absolute atomic E-state index is 0.0116. The van der Waals surface area contributed by atoms with Gasteiger partial charge in [-0.3, -0.25) is 0 Å². The molecule has 1 heterocycles. The first-order valence-corrected chi connectivity index (χ1v) is 11.2. The van der Waals surface area contributed by atoms with Crippen LogP contribution in [0.25, 0.3) is 0 Å². The second-order valence-electron chi connectivity index (χ2n) is 7.25. The molecular weight excluding hydrogens is 431 g/mol. The molecule has 9 heteroatoms. The molecule has 0 spiro atoms. The van der Waals surface area contributed by atoms with Crippen LogP contribution in [0.1, 0.15) is 41.3 Å². The lowest BCUT2D eigenvalue weighted by molar-refractivity contribution is 0.0468. The topological polar surface area (TPSA) is 87.5 Å². The highest BCUT2D eigenvalue weighted by Gasteiger charge is 2.31. The van der Waals surface area contributed by atoms with Crippen LogP contribution in [-0.4, -0.2) is 31.8 Å². The monoisotopic (exact) mass is 450 g/mol. The Morgan fingerprint density at radius 2 is 2.10 bits per heavy atom. The van der Waals surface area contributed by atoms with Crippen LogP contribution in [0.5, 0.6) is 0 Å². The quantitative estimate of drug-likeness (QED) is 0.639. The fourth-order valence-electron chi connectivity index (χ4n) is 3.31. The molecule has 158 valence electrons. The molecule has 0 saturated carbocycles. The summed E-state index contributed by atoms with van der Waals surface area (Å²) in [4.78, 5) is 12.3. The third kappa shape index (κ3) is 4.81. The molecule has 6 nitrogen and oxygen atoms in total. The fourth-order valence-corrected chi connectivity index (χ4v) is 5.41. The Morgan fingerprint density at radius 1 is 1.33 bits per heavy atom. The van der Waals surface area contributed by atoms with E-state index in [0.717, 1.165) is 18.9 Å². The van der Waals surface area contributed by atoms with Crippen molar-refractivity contribution in [3.63, 3.8) is 0 Å². The number of nitrogens with zero attached hydrogens (tertiary/aromatic N) is 2. The van der Waals surface area contributed by atoms with Crippen molar-refractivity contribution in [3.8, 4) is 6.07 Å². The minimum atomic E-state index is -3.87. The van der Waals surface area contributed by atoms with Gasteiger partial charge in [-0.2, -0.15) is 9.57 Å². The van der Waals surface area contributed by atoms with Crippen LogP contribution in [0.2, 0.25) is 5.02 Å². The maximum atomic E-state index is 13.9. The zero-order valence-electron chi connectivity index (χ0n) is 16.3. The number of ether oxygens (including phenoxy) is 1. The zero-order valence-corrected chi connectivity index (χ0v) is 17.8. The summed E-state index contributed by atoms with van der Waals surface area (Å²) < 4.78 is 46.4. The molecule has 0 aliphatic carbocycles. The highest BCUT2D eigenvalue weighted by Crippen LogP contribution is 2.29. The van der Waals surface area contributed by atoms with E-state index in [1.54, 1.807) is 0 Å². The molecule has 0 N–H and O–H groups in total. The summed E-state index contributed by atoms with van der Waals surface area (Å²) in [6, 6.07) is 9.47. The molecule has 3 rings (SSSR count). The Hall–Kier alpha value is -2.47. The van der Waals surface area contributed by atoms with E-state index < -0.39 is 28.4 Å². The summed E-state index contributed by atoms with van der Waals surface area (Å²) in [5.41, 5.74) is 0.268. The lowest BCUT2D eigenvalue weighted by Gasteiger charge is -2.30. The Bertz CT molecular complexity index is 1110. The third-order valence-electron chi connectivity index (χ3n) is 4.94. The summed E-state index contributed by atoms with van der Waals surface area (Å²) in [6.45, 7) is 2.38. The van der Waals surface area contributed by atoms with Gasteiger partial charge in [0.2, 0.25) is 10.0 Å². The summed E-state index contributed by atoms with van der Waals surface area (Å²) in [5.74, 6) is -1.20. The smallest absolute Gasteiger partial charge is 0.338 e. The molecule has 0 aromatic heterocycles. The number of benzene rings is 2. The normalized spacial score (nSPS) is 17.3. The van der Waals surface area contributed by atoms with Crippen molar-refractivity contribution < 1.29 is 22.3 Å². The van der Waals surface area contributed by atoms with Gasteiger partial charge in [-0.15, -0.1) is 0 Å². The molecule has 2 aromatic rings. The van der Waals surface area contributed by atoms with E-state index >= 15 is 0 Å². The first-order chi connectivity index (χ1) is 14.2. The van der Waals surface area contributed by atoms with Gasteiger partial charge in [-0.05, 0) is 55.2 Å². The average Bonchev–Trinajstić information content (AvgIpc) is 2.73. The van der Waals surface area contributed by atoms with Gasteiger partial charge in [0, 0.05) is 18.7 Å². The van der Waals surface area contributed by atoms with Crippen LogP contribution in [0, 0.1) is 23.1 Å². The van der Waals surface area contributed by atoms with E-state index in [0.29, 0.717) is 13.1 Å². The largest absolute Gasteiger partial charge is 0.457 e. The van der Waals surface area contributed by atoms with Crippen molar-refractivity contribution in [1.82, 2.24) is 4.31 Å². The highest BCUT2D eigenvalue weighted by atomic mass is 35.5. The number of carbonyl (C=O) groups is 1. The lowest BCUT2D eigenvalue weighted by atomic mass is 10.0. The number of hydrogen-bond donors (Lipinski definition) is 0. The Labute approximate surface area is 179 Å². The molecule has 1 aliphatic heterocycles. The van der Waals surface area contributed by atoms with Gasteiger partial charge >= 0.3 is 5.97 Å². The number of nitriles is 1. The molecule has 1 unspecified atom stereocenters. The summed E-state index contributed by atoms with van der Waals surface area (Å²) in [5, 5.41) is 8.92. The predicted molar refractivity (Wildman–Crippen MR) is 109 cm³/mol. The van der Waals surface area contributed by atoms with Gasteiger partial charge < -0.3 is 4.74 Å². The number of sulfonamides is 1. The van der Waals surface area contributed by atoms with Crippen LogP contribution in [-0.2, 0) is 21.4 Å². The Morgan fingerprint density at radius 3 is 2.80 bits per heavy atom. The van der Waals surface area contributed by atoms with E-state index in [2.05, 4.69) is 0 Å². The van der Waals surface area contributed by atoms with Crippen LogP contribution >= 0.6 is 11.6 Å². The van der Waals surface area contributed by atoms with Crippen molar-refractivity contribution in [2.24, 2.45) is 5.92 Å². The second kappa shape index (κ2) is 9.13. The maximum Gasteiger partial charge on any atom is 0.338 e. The van der Waals surface area contributed by atoms with Crippen molar-refractivity contribution in [2.45, 2.75) is 31.3 Å². The molecule has 0 amide bonds. The standard InChI is InChI=1S/C21H20ClFN2O4S/c1-14-3-2-8-25(12-14)30(27,28)20-10-16(5-6-18(20)22)21(26)29-13-17-9-15(11-24)4-7-19(17)23/h4-7,9-10,14H,2-3,8,12-13H2,1H3. The molecule has 0 bridgehead atoms. The van der Waals surface area contributed by atoms with Gasteiger partial charge in [0.15, 0.2) is 0 Å². The summed E-state index contributed by atoms with van der Waals surface area (Å²) >= 11 is 6.13. The van der Waals surface area contributed by atoms with Crippen molar-refractivity contribution in [2.75, 3.05) is 13.1 Å². The van der Waals surface area contributed by atoms with Gasteiger partial charge in [-0.1, -0.05) is 18.5 Å². The average molecular weight is 451 g/mol. The van der Waals surface area contributed by atoms with Gasteiger partial charge in [-0.25, -0.2) is 17.6 Å². The summed E-state index contributed by atoms with van der Waals surface area (Å²) in [6.07, 6.45) is 1.71. The number of rotatable bonds is 5. The van der Waals surface area contributed by atoms with Gasteiger partial charge in [0.1, 0.15) is 17.3 Å². The van der Waals surface area contributed by atoms with Crippen molar-refractivity contribution in [3.05, 3.63) is 63.9 Å². The predicted octanol–water partition coefficient (Wildman–Crippen LogP) is 4.13. The molecule has 1 saturated heterocycles. The number of halogens is 2. The van der Waals surface area contributed by atoms with E-state index in [-0.39, 0.29) is 32.5 Å². The zero-order chi connectivity index (χ0) is 21.9. The lowest BCUT2D eigenvalue weighted by Crippen LogP contribution is -2.39.